The van der Waals surface area contributed by atoms with Crippen LogP contribution >= 0.6 is 11.3 Å². The lowest BCUT2D eigenvalue weighted by atomic mass is 10.1. The van der Waals surface area contributed by atoms with Gasteiger partial charge in [0, 0.05) is 37.3 Å². The molecule has 4 aromatic rings. The van der Waals surface area contributed by atoms with Gasteiger partial charge in [0.1, 0.15) is 5.69 Å². The Morgan fingerprint density at radius 2 is 1.85 bits per heavy atom. The van der Waals surface area contributed by atoms with Crippen LogP contribution in [0.3, 0.4) is 0 Å². The van der Waals surface area contributed by atoms with Gasteiger partial charge in [-0.2, -0.15) is 4.52 Å². The first-order chi connectivity index (χ1) is 16.3. The molecule has 0 bridgehead atoms. The van der Waals surface area contributed by atoms with E-state index in [1.165, 1.54) is 11.8 Å². The van der Waals surface area contributed by atoms with Gasteiger partial charge in [0.05, 0.1) is 6.26 Å². The average Bonchev–Trinajstić information content (AvgIpc) is 3.56. The van der Waals surface area contributed by atoms with Gasteiger partial charge in [-0.1, -0.05) is 42.5 Å². The quantitative estimate of drug-likeness (QED) is 0.445. The maximum atomic E-state index is 12.6. The zero-order valence-corrected chi connectivity index (χ0v) is 20.9. The molecule has 0 unspecified atom stereocenters. The molecule has 178 valence electrons. The van der Waals surface area contributed by atoms with E-state index in [4.69, 9.17) is 14.5 Å². The number of furan rings is 1. The van der Waals surface area contributed by atoms with Crippen molar-refractivity contribution in [3.8, 4) is 11.3 Å². The Labute approximate surface area is 203 Å². The van der Waals surface area contributed by atoms with Crippen LogP contribution in [0.4, 0.5) is 10.9 Å². The second kappa shape index (κ2) is 8.79. The Balaban J connectivity index is 1.40. The third-order valence-corrected chi connectivity index (χ3v) is 6.86. The summed E-state index contributed by atoms with van der Waals surface area (Å²) in [5, 5.41) is 9.47. The number of carbonyl (C=O) groups is 1. The first kappa shape index (κ1) is 22.5. The van der Waals surface area contributed by atoms with Gasteiger partial charge in [-0.25, -0.2) is 4.98 Å². The number of fused-ring (bicyclic) bond motifs is 1. The number of amides is 1. The molecule has 34 heavy (non-hydrogen) atoms. The number of nitrogens with one attached hydrogen (secondary N) is 1. The van der Waals surface area contributed by atoms with E-state index < -0.39 is 0 Å². The summed E-state index contributed by atoms with van der Waals surface area (Å²) < 4.78 is 7.19. The molecular formula is C25H30N6O2S. The van der Waals surface area contributed by atoms with Crippen molar-refractivity contribution < 1.29 is 9.21 Å². The van der Waals surface area contributed by atoms with Crippen LogP contribution in [0.25, 0.3) is 16.2 Å². The van der Waals surface area contributed by atoms with Gasteiger partial charge in [0.2, 0.25) is 10.1 Å². The third-order valence-electron chi connectivity index (χ3n) is 5.89. The van der Waals surface area contributed by atoms with E-state index in [-0.39, 0.29) is 11.4 Å². The van der Waals surface area contributed by atoms with E-state index >= 15 is 0 Å². The number of rotatable bonds is 5. The highest BCUT2D eigenvalue weighted by molar-refractivity contribution is 7.20. The van der Waals surface area contributed by atoms with Crippen LogP contribution in [0.1, 0.15) is 43.8 Å². The number of anilines is 2. The molecular weight excluding hydrogens is 448 g/mol. The molecule has 1 N–H and O–H groups in total. The van der Waals surface area contributed by atoms with Gasteiger partial charge >= 0.3 is 0 Å². The summed E-state index contributed by atoms with van der Waals surface area (Å²) in [6.45, 7) is 11.3. The molecule has 0 radical (unpaired) electrons. The van der Waals surface area contributed by atoms with Crippen LogP contribution in [-0.4, -0.2) is 57.1 Å². The number of carbonyl (C=O) groups excluding carboxylic acids is 1. The summed E-state index contributed by atoms with van der Waals surface area (Å²) in [7, 11) is 0. The molecule has 1 saturated heterocycles. The summed E-state index contributed by atoms with van der Waals surface area (Å²) >= 11 is 1.58. The van der Waals surface area contributed by atoms with E-state index in [0.717, 1.165) is 46.7 Å². The zero-order chi connectivity index (χ0) is 23.9. The van der Waals surface area contributed by atoms with Crippen molar-refractivity contribution in [3.63, 3.8) is 0 Å². The van der Waals surface area contributed by atoms with E-state index in [1.54, 1.807) is 23.5 Å². The number of hydrogen-bond donors (Lipinski definition) is 1. The minimum atomic E-state index is -0.143. The number of benzene rings is 1. The van der Waals surface area contributed by atoms with Crippen LogP contribution in [0.5, 0.6) is 0 Å². The summed E-state index contributed by atoms with van der Waals surface area (Å²) in [5.41, 5.74) is 3.15. The standard InChI is InChI=1S/C25H30N6O2S/c1-5-17-8-10-18(11-9-17)20-21(27-25(2,3)4)31-23(26-20)34-24(28-31)30-14-12-29(13-15-30)22(32)19-7-6-16-33-19/h6-11,16,27H,5,12-15H2,1-4H3. The Morgan fingerprint density at radius 3 is 2.47 bits per heavy atom. The Bertz CT molecular complexity index is 1280. The molecule has 1 fully saturated rings. The largest absolute Gasteiger partial charge is 0.459 e. The second-order valence-electron chi connectivity index (χ2n) is 9.57. The number of aromatic nitrogens is 3. The fourth-order valence-corrected chi connectivity index (χ4v) is 5.04. The molecule has 5 rings (SSSR count). The summed E-state index contributed by atoms with van der Waals surface area (Å²) in [4.78, 5) is 22.4. The van der Waals surface area contributed by atoms with E-state index in [1.807, 2.05) is 9.42 Å². The van der Waals surface area contributed by atoms with Crippen molar-refractivity contribution in [2.75, 3.05) is 36.4 Å². The van der Waals surface area contributed by atoms with Crippen molar-refractivity contribution in [2.24, 2.45) is 0 Å². The average molecular weight is 479 g/mol. The molecule has 0 saturated carbocycles. The summed E-state index contributed by atoms with van der Waals surface area (Å²) in [6, 6.07) is 12.0. The minimum absolute atomic E-state index is 0.0611. The maximum absolute atomic E-state index is 12.6. The third kappa shape index (κ3) is 4.40. The number of imidazole rings is 1. The van der Waals surface area contributed by atoms with Gasteiger partial charge in [-0.15, -0.1) is 5.10 Å². The molecule has 1 amide bonds. The highest BCUT2D eigenvalue weighted by Gasteiger charge is 2.27. The first-order valence-corrected chi connectivity index (χ1v) is 12.5. The monoisotopic (exact) mass is 478 g/mol. The number of hydrogen-bond acceptors (Lipinski definition) is 7. The molecule has 4 heterocycles. The van der Waals surface area contributed by atoms with Gasteiger partial charge in [0.25, 0.3) is 5.91 Å². The SMILES string of the molecule is CCc1ccc(-c2nc3sc(N4CCN(C(=O)c5ccco5)CC4)nn3c2NC(C)(C)C)cc1. The van der Waals surface area contributed by atoms with Crippen molar-refractivity contribution in [1.82, 2.24) is 19.5 Å². The Kier molecular flexibility index (Phi) is 5.81. The molecule has 0 aliphatic carbocycles. The maximum Gasteiger partial charge on any atom is 0.289 e. The fourth-order valence-electron chi connectivity index (χ4n) is 4.09. The lowest BCUT2D eigenvalue weighted by Crippen LogP contribution is -2.48. The smallest absolute Gasteiger partial charge is 0.289 e. The Morgan fingerprint density at radius 1 is 1.12 bits per heavy atom. The predicted molar refractivity (Wildman–Crippen MR) is 136 cm³/mol. The molecule has 9 heteroatoms. The minimum Gasteiger partial charge on any atom is -0.459 e. The van der Waals surface area contributed by atoms with E-state index in [0.29, 0.717) is 18.8 Å². The van der Waals surface area contributed by atoms with Crippen LogP contribution in [0, 0.1) is 0 Å². The van der Waals surface area contributed by atoms with E-state index in [9.17, 15) is 4.79 Å². The Hall–Kier alpha value is -3.33. The predicted octanol–water partition coefficient (Wildman–Crippen LogP) is 4.79. The molecule has 1 aromatic carbocycles. The van der Waals surface area contributed by atoms with Gasteiger partial charge < -0.3 is 19.5 Å². The number of aryl methyl sites for hydroxylation is 1. The van der Waals surface area contributed by atoms with Gasteiger partial charge in [-0.3, -0.25) is 4.79 Å². The second-order valence-corrected chi connectivity index (χ2v) is 10.5. The topological polar surface area (TPSA) is 78.9 Å². The van der Waals surface area contributed by atoms with Gasteiger partial charge in [-0.05, 0) is 44.9 Å². The van der Waals surface area contributed by atoms with E-state index in [2.05, 4.69) is 62.2 Å². The molecule has 3 aromatic heterocycles. The van der Waals surface area contributed by atoms with Crippen LogP contribution in [-0.2, 0) is 6.42 Å². The van der Waals surface area contributed by atoms with Crippen molar-refractivity contribution in [3.05, 3.63) is 54.0 Å². The molecule has 8 nitrogen and oxygen atoms in total. The molecule has 1 aliphatic rings. The van der Waals surface area contributed by atoms with Crippen molar-refractivity contribution in [1.29, 1.82) is 0 Å². The molecule has 1 aliphatic heterocycles. The first-order valence-electron chi connectivity index (χ1n) is 11.7. The molecule has 0 atom stereocenters. The van der Waals surface area contributed by atoms with Gasteiger partial charge in [0.15, 0.2) is 11.6 Å². The van der Waals surface area contributed by atoms with Crippen LogP contribution < -0.4 is 10.2 Å². The summed E-state index contributed by atoms with van der Waals surface area (Å²) in [5.74, 6) is 1.23. The van der Waals surface area contributed by atoms with Crippen LogP contribution in [0.15, 0.2) is 47.1 Å². The summed E-state index contributed by atoms with van der Waals surface area (Å²) in [6.07, 6.45) is 2.54. The number of piperazine rings is 1. The molecule has 0 spiro atoms. The fraction of sp³-hybridized carbons (Fsp3) is 0.400. The number of nitrogens with zero attached hydrogens (tertiary/aromatic N) is 5. The lowest BCUT2D eigenvalue weighted by Gasteiger charge is -2.33. The zero-order valence-electron chi connectivity index (χ0n) is 20.0. The highest BCUT2D eigenvalue weighted by atomic mass is 32.1. The highest BCUT2D eigenvalue weighted by Crippen LogP contribution is 2.35. The van der Waals surface area contributed by atoms with Crippen LogP contribution in [0.2, 0.25) is 0 Å². The van der Waals surface area contributed by atoms with Crippen molar-refractivity contribution in [2.45, 2.75) is 39.7 Å². The van der Waals surface area contributed by atoms with Crippen molar-refractivity contribution >= 4 is 33.2 Å². The normalized spacial score (nSPS) is 14.7. The lowest BCUT2D eigenvalue weighted by molar-refractivity contribution is 0.0714.